The predicted octanol–water partition coefficient (Wildman–Crippen LogP) is 1.37. The van der Waals surface area contributed by atoms with Crippen LogP contribution < -0.4 is 10.2 Å². The Hall–Kier alpha value is -1.20. The standard InChI is InChI=1S/C14H24N4O/c1-11-13(7-15-2)8-16-14(17-11)18-6-4-5-12(9-18)10-19-3/h8,12,15H,4-7,9-10H2,1-3H3. The number of piperidine rings is 1. The van der Waals surface area contributed by atoms with Crippen molar-refractivity contribution in [3.63, 3.8) is 0 Å². The summed E-state index contributed by atoms with van der Waals surface area (Å²) in [5, 5.41) is 3.14. The number of ether oxygens (including phenoxy) is 1. The fourth-order valence-electron chi connectivity index (χ4n) is 2.61. The maximum atomic E-state index is 5.26. The Morgan fingerprint density at radius 1 is 1.53 bits per heavy atom. The zero-order chi connectivity index (χ0) is 13.7. The minimum atomic E-state index is 0.597. The van der Waals surface area contributed by atoms with Gasteiger partial charge in [0.2, 0.25) is 5.95 Å². The number of hydrogen-bond acceptors (Lipinski definition) is 5. The molecule has 2 heterocycles. The second-order valence-electron chi connectivity index (χ2n) is 5.22. The third kappa shape index (κ3) is 3.64. The van der Waals surface area contributed by atoms with E-state index in [1.807, 2.05) is 13.2 Å². The van der Waals surface area contributed by atoms with Crippen LogP contribution in [0.3, 0.4) is 0 Å². The Morgan fingerprint density at radius 3 is 3.05 bits per heavy atom. The number of methoxy groups -OCH3 is 1. The lowest BCUT2D eigenvalue weighted by Crippen LogP contribution is -2.38. The molecule has 0 saturated carbocycles. The molecule has 1 aromatic heterocycles. The van der Waals surface area contributed by atoms with Crippen LogP contribution in [-0.2, 0) is 11.3 Å². The molecular weight excluding hydrogens is 240 g/mol. The van der Waals surface area contributed by atoms with Crippen LogP contribution in [0.1, 0.15) is 24.1 Å². The van der Waals surface area contributed by atoms with Gasteiger partial charge in [-0.1, -0.05) is 0 Å². The summed E-state index contributed by atoms with van der Waals surface area (Å²) in [6.07, 6.45) is 4.37. The summed E-state index contributed by atoms with van der Waals surface area (Å²) in [5.41, 5.74) is 2.23. The van der Waals surface area contributed by atoms with E-state index in [-0.39, 0.29) is 0 Å². The van der Waals surface area contributed by atoms with Gasteiger partial charge >= 0.3 is 0 Å². The average Bonchev–Trinajstić information content (AvgIpc) is 2.42. The molecule has 5 heteroatoms. The fraction of sp³-hybridized carbons (Fsp3) is 0.714. The molecule has 1 unspecified atom stereocenters. The van der Waals surface area contributed by atoms with Crippen LogP contribution in [0.25, 0.3) is 0 Å². The molecule has 1 aliphatic heterocycles. The van der Waals surface area contributed by atoms with Gasteiger partial charge in [-0.25, -0.2) is 9.97 Å². The highest BCUT2D eigenvalue weighted by atomic mass is 16.5. The van der Waals surface area contributed by atoms with Crippen LogP contribution in [0, 0.1) is 12.8 Å². The minimum absolute atomic E-state index is 0.597. The molecule has 1 aliphatic rings. The topological polar surface area (TPSA) is 50.3 Å². The Balaban J connectivity index is 2.06. The first kappa shape index (κ1) is 14.2. The first-order valence-corrected chi connectivity index (χ1v) is 6.95. The molecule has 0 bridgehead atoms. The van der Waals surface area contributed by atoms with Gasteiger partial charge in [-0.3, -0.25) is 0 Å². The maximum Gasteiger partial charge on any atom is 0.225 e. The Labute approximate surface area is 115 Å². The predicted molar refractivity (Wildman–Crippen MR) is 76.3 cm³/mol. The number of rotatable bonds is 5. The molecule has 1 saturated heterocycles. The molecule has 1 N–H and O–H groups in total. The van der Waals surface area contributed by atoms with Crippen molar-refractivity contribution in [3.8, 4) is 0 Å². The average molecular weight is 264 g/mol. The molecular formula is C14H24N4O. The molecule has 1 fully saturated rings. The van der Waals surface area contributed by atoms with Gasteiger partial charge in [-0.2, -0.15) is 0 Å². The first-order valence-electron chi connectivity index (χ1n) is 6.95. The lowest BCUT2D eigenvalue weighted by molar-refractivity contribution is 0.143. The van der Waals surface area contributed by atoms with Gasteiger partial charge in [0.05, 0.1) is 6.61 Å². The zero-order valence-electron chi connectivity index (χ0n) is 12.1. The van der Waals surface area contributed by atoms with Gasteiger partial charge in [-0.05, 0) is 32.7 Å². The van der Waals surface area contributed by atoms with Gasteiger partial charge in [0, 0.05) is 44.2 Å². The maximum absolute atomic E-state index is 5.26. The van der Waals surface area contributed by atoms with Crippen molar-refractivity contribution >= 4 is 5.95 Å². The summed E-state index contributed by atoms with van der Waals surface area (Å²) in [4.78, 5) is 11.4. The van der Waals surface area contributed by atoms with Crippen molar-refractivity contribution in [1.82, 2.24) is 15.3 Å². The van der Waals surface area contributed by atoms with Crippen molar-refractivity contribution in [2.75, 3.05) is 38.8 Å². The smallest absolute Gasteiger partial charge is 0.225 e. The van der Waals surface area contributed by atoms with Crippen molar-refractivity contribution in [3.05, 3.63) is 17.5 Å². The molecule has 1 atom stereocenters. The number of aryl methyl sites for hydroxylation is 1. The van der Waals surface area contributed by atoms with E-state index in [0.717, 1.165) is 43.4 Å². The summed E-state index contributed by atoms with van der Waals surface area (Å²) in [6, 6.07) is 0. The molecule has 0 radical (unpaired) electrons. The van der Waals surface area contributed by atoms with E-state index in [0.29, 0.717) is 5.92 Å². The van der Waals surface area contributed by atoms with Crippen molar-refractivity contribution in [2.45, 2.75) is 26.3 Å². The summed E-state index contributed by atoms with van der Waals surface area (Å²) in [6.45, 7) is 5.74. The van der Waals surface area contributed by atoms with Crippen LogP contribution in [0.2, 0.25) is 0 Å². The first-order chi connectivity index (χ1) is 9.24. The largest absolute Gasteiger partial charge is 0.384 e. The number of aromatic nitrogens is 2. The highest BCUT2D eigenvalue weighted by Gasteiger charge is 2.21. The third-order valence-electron chi connectivity index (χ3n) is 3.64. The highest BCUT2D eigenvalue weighted by Crippen LogP contribution is 2.21. The van der Waals surface area contributed by atoms with Crippen molar-refractivity contribution in [2.24, 2.45) is 5.92 Å². The molecule has 0 aliphatic carbocycles. The molecule has 19 heavy (non-hydrogen) atoms. The van der Waals surface area contributed by atoms with Crippen LogP contribution in [0.4, 0.5) is 5.95 Å². The van der Waals surface area contributed by atoms with Gasteiger partial charge < -0.3 is 15.0 Å². The van der Waals surface area contributed by atoms with E-state index in [1.165, 1.54) is 12.8 Å². The molecule has 2 rings (SSSR count). The molecule has 1 aromatic rings. The summed E-state index contributed by atoms with van der Waals surface area (Å²) in [7, 11) is 3.71. The van der Waals surface area contributed by atoms with E-state index in [9.17, 15) is 0 Å². The molecule has 0 spiro atoms. The van der Waals surface area contributed by atoms with E-state index in [1.54, 1.807) is 7.11 Å². The zero-order valence-corrected chi connectivity index (χ0v) is 12.1. The lowest BCUT2D eigenvalue weighted by Gasteiger charge is -2.32. The summed E-state index contributed by atoms with van der Waals surface area (Å²) >= 11 is 0. The van der Waals surface area contributed by atoms with E-state index in [2.05, 4.69) is 27.1 Å². The second-order valence-corrected chi connectivity index (χ2v) is 5.22. The molecule has 106 valence electrons. The van der Waals surface area contributed by atoms with E-state index >= 15 is 0 Å². The van der Waals surface area contributed by atoms with Crippen LogP contribution >= 0.6 is 0 Å². The SMILES string of the molecule is CNCc1cnc(N2CCCC(COC)C2)nc1C. The van der Waals surface area contributed by atoms with Gasteiger partial charge in [0.25, 0.3) is 0 Å². The number of anilines is 1. The van der Waals surface area contributed by atoms with Crippen molar-refractivity contribution in [1.29, 1.82) is 0 Å². The molecule has 0 aromatic carbocycles. The van der Waals surface area contributed by atoms with Crippen LogP contribution in [0.5, 0.6) is 0 Å². The van der Waals surface area contributed by atoms with Gasteiger partial charge in [0.15, 0.2) is 0 Å². The van der Waals surface area contributed by atoms with Crippen LogP contribution in [-0.4, -0.2) is 43.8 Å². The number of hydrogen-bond donors (Lipinski definition) is 1. The Morgan fingerprint density at radius 2 is 2.37 bits per heavy atom. The minimum Gasteiger partial charge on any atom is -0.384 e. The third-order valence-corrected chi connectivity index (χ3v) is 3.64. The fourth-order valence-corrected chi connectivity index (χ4v) is 2.61. The quantitative estimate of drug-likeness (QED) is 0.870. The number of nitrogens with one attached hydrogen (secondary N) is 1. The molecule has 0 amide bonds. The van der Waals surface area contributed by atoms with E-state index < -0.39 is 0 Å². The van der Waals surface area contributed by atoms with Crippen molar-refractivity contribution < 1.29 is 4.74 Å². The van der Waals surface area contributed by atoms with Gasteiger partial charge in [0.1, 0.15) is 0 Å². The summed E-state index contributed by atoms with van der Waals surface area (Å²) < 4.78 is 5.26. The number of nitrogens with zero attached hydrogens (tertiary/aromatic N) is 3. The molecule has 5 nitrogen and oxygen atoms in total. The van der Waals surface area contributed by atoms with Crippen LogP contribution in [0.15, 0.2) is 6.20 Å². The Kier molecular flexibility index (Phi) is 5.10. The van der Waals surface area contributed by atoms with Gasteiger partial charge in [-0.15, -0.1) is 0 Å². The van der Waals surface area contributed by atoms with E-state index in [4.69, 9.17) is 4.74 Å². The normalized spacial score (nSPS) is 19.7. The monoisotopic (exact) mass is 264 g/mol. The second kappa shape index (κ2) is 6.82. The Bertz CT molecular complexity index is 408. The lowest BCUT2D eigenvalue weighted by atomic mass is 9.99. The highest BCUT2D eigenvalue weighted by molar-refractivity contribution is 5.33. The summed E-state index contributed by atoms with van der Waals surface area (Å²) in [5.74, 6) is 1.46.